The summed E-state index contributed by atoms with van der Waals surface area (Å²) < 4.78 is 47.7. The quantitative estimate of drug-likeness (QED) is 0.404. The number of aromatic nitrogens is 2. The van der Waals surface area contributed by atoms with Crippen LogP contribution >= 0.6 is 0 Å². The number of anilines is 1. The molecule has 0 bridgehead atoms. The maximum Gasteiger partial charge on any atom is 0.256 e. The van der Waals surface area contributed by atoms with Crippen molar-refractivity contribution in [3.05, 3.63) is 113 Å². The molecule has 3 aromatic carbocycles. The zero-order valence-electron chi connectivity index (χ0n) is 17.7. The molecule has 1 aromatic heterocycles. The van der Waals surface area contributed by atoms with E-state index in [1.807, 2.05) is 6.92 Å². The van der Waals surface area contributed by atoms with Gasteiger partial charge in [0.2, 0.25) is 0 Å². The van der Waals surface area contributed by atoms with E-state index in [9.17, 15) is 18.0 Å². The molecular formula is C25H20F3N3O2. The van der Waals surface area contributed by atoms with Gasteiger partial charge in [-0.1, -0.05) is 30.3 Å². The third-order valence-corrected chi connectivity index (χ3v) is 4.98. The lowest BCUT2D eigenvalue weighted by Gasteiger charge is -2.09. The van der Waals surface area contributed by atoms with E-state index >= 15 is 0 Å². The van der Waals surface area contributed by atoms with Crippen LogP contribution in [0, 0.1) is 24.4 Å². The molecule has 33 heavy (non-hydrogen) atoms. The molecule has 4 rings (SSSR count). The van der Waals surface area contributed by atoms with Gasteiger partial charge in [0.15, 0.2) is 17.4 Å². The number of benzene rings is 3. The molecular weight excluding hydrogens is 431 g/mol. The van der Waals surface area contributed by atoms with Crippen molar-refractivity contribution in [3.8, 4) is 5.75 Å². The highest BCUT2D eigenvalue weighted by atomic mass is 19.1. The number of nitrogens with zero attached hydrogens (tertiary/aromatic N) is 2. The van der Waals surface area contributed by atoms with Gasteiger partial charge in [-0.05, 0) is 42.8 Å². The van der Waals surface area contributed by atoms with E-state index < -0.39 is 11.6 Å². The summed E-state index contributed by atoms with van der Waals surface area (Å²) in [5.74, 6) is -1.95. The van der Waals surface area contributed by atoms with Gasteiger partial charge in [0.05, 0.1) is 6.54 Å². The summed E-state index contributed by atoms with van der Waals surface area (Å²) in [5.41, 5.74) is 2.24. The fraction of sp³-hybridized carbons (Fsp3) is 0.120. The number of hydrogen-bond acceptors (Lipinski definition) is 3. The van der Waals surface area contributed by atoms with Crippen molar-refractivity contribution in [1.29, 1.82) is 0 Å². The first kappa shape index (κ1) is 22.1. The highest BCUT2D eigenvalue weighted by molar-refractivity contribution is 6.03. The minimum Gasteiger partial charge on any atom is -0.486 e. The summed E-state index contributed by atoms with van der Waals surface area (Å²) >= 11 is 0. The maximum absolute atomic E-state index is 13.9. The van der Waals surface area contributed by atoms with E-state index in [-0.39, 0.29) is 30.6 Å². The number of halogens is 3. The normalized spacial score (nSPS) is 10.8. The molecule has 0 radical (unpaired) electrons. The minimum atomic E-state index is -0.801. The Kier molecular flexibility index (Phi) is 6.44. The van der Waals surface area contributed by atoms with Crippen LogP contribution in [0.3, 0.4) is 0 Å². The van der Waals surface area contributed by atoms with Crippen molar-refractivity contribution in [2.75, 3.05) is 5.32 Å². The number of carbonyl (C=O) groups is 1. The van der Waals surface area contributed by atoms with Gasteiger partial charge in [0.1, 0.15) is 18.2 Å². The molecule has 4 aromatic rings. The first-order valence-corrected chi connectivity index (χ1v) is 10.1. The summed E-state index contributed by atoms with van der Waals surface area (Å²) in [5, 5.41) is 7.08. The van der Waals surface area contributed by atoms with E-state index in [0.29, 0.717) is 22.5 Å². The fourth-order valence-electron chi connectivity index (χ4n) is 3.26. The number of hydrogen-bond donors (Lipinski definition) is 1. The number of carbonyl (C=O) groups excluding carboxylic acids is 1. The highest BCUT2D eigenvalue weighted by Crippen LogP contribution is 2.20. The molecule has 0 aliphatic carbocycles. The Morgan fingerprint density at radius 2 is 1.79 bits per heavy atom. The summed E-state index contributed by atoms with van der Waals surface area (Å²) in [7, 11) is 0. The van der Waals surface area contributed by atoms with Crippen LogP contribution in [-0.4, -0.2) is 15.7 Å². The number of amides is 1. The summed E-state index contributed by atoms with van der Waals surface area (Å²) in [6.45, 7) is 2.05. The van der Waals surface area contributed by atoms with Gasteiger partial charge in [0, 0.05) is 29.0 Å². The number of rotatable bonds is 7. The average Bonchev–Trinajstić information content (AvgIpc) is 3.13. The lowest BCUT2D eigenvalue weighted by molar-refractivity contribution is 0.102. The molecule has 1 heterocycles. The topological polar surface area (TPSA) is 56.1 Å². The summed E-state index contributed by atoms with van der Waals surface area (Å²) in [6.07, 6.45) is 0. The predicted octanol–water partition coefficient (Wildman–Crippen LogP) is 5.49. The smallest absolute Gasteiger partial charge is 0.256 e. The molecule has 0 fully saturated rings. The minimum absolute atomic E-state index is 0.0000469. The van der Waals surface area contributed by atoms with Crippen molar-refractivity contribution in [1.82, 2.24) is 9.78 Å². The van der Waals surface area contributed by atoms with Gasteiger partial charge in [-0.25, -0.2) is 13.2 Å². The fourth-order valence-corrected chi connectivity index (χ4v) is 3.26. The molecule has 0 saturated heterocycles. The van der Waals surface area contributed by atoms with E-state index in [1.54, 1.807) is 53.2 Å². The van der Waals surface area contributed by atoms with Crippen LogP contribution in [0.5, 0.6) is 5.75 Å². The maximum atomic E-state index is 13.9. The third kappa shape index (κ3) is 5.41. The van der Waals surface area contributed by atoms with Crippen LogP contribution < -0.4 is 10.1 Å². The third-order valence-electron chi connectivity index (χ3n) is 4.98. The zero-order valence-corrected chi connectivity index (χ0v) is 17.7. The van der Waals surface area contributed by atoms with Crippen molar-refractivity contribution in [2.24, 2.45) is 0 Å². The Labute approximate surface area is 188 Å². The van der Waals surface area contributed by atoms with Crippen LogP contribution in [0.1, 0.15) is 27.2 Å². The van der Waals surface area contributed by atoms with Crippen LogP contribution in [0.25, 0.3) is 0 Å². The summed E-state index contributed by atoms with van der Waals surface area (Å²) in [6, 6.07) is 17.8. The van der Waals surface area contributed by atoms with Crippen molar-refractivity contribution >= 4 is 11.7 Å². The Morgan fingerprint density at radius 1 is 0.970 bits per heavy atom. The molecule has 0 spiro atoms. The van der Waals surface area contributed by atoms with Gasteiger partial charge in [-0.15, -0.1) is 0 Å². The first-order chi connectivity index (χ1) is 15.9. The molecule has 0 aliphatic heterocycles. The molecule has 168 valence electrons. The molecule has 1 amide bonds. The molecule has 0 aliphatic rings. The first-order valence-electron chi connectivity index (χ1n) is 10.1. The average molecular weight is 451 g/mol. The second kappa shape index (κ2) is 9.60. The molecule has 5 nitrogen and oxygen atoms in total. The SMILES string of the molecule is Cc1cc(NC(=O)c2cccc(COc3ccc(F)cc3F)c2)nn1Cc1ccccc1F. The van der Waals surface area contributed by atoms with Gasteiger partial charge in [0.25, 0.3) is 5.91 Å². The molecule has 0 saturated carbocycles. The molecule has 0 unspecified atom stereocenters. The lowest BCUT2D eigenvalue weighted by Crippen LogP contribution is -2.13. The molecule has 1 N–H and O–H groups in total. The van der Waals surface area contributed by atoms with Crippen molar-refractivity contribution in [2.45, 2.75) is 20.1 Å². The van der Waals surface area contributed by atoms with Crippen LogP contribution in [-0.2, 0) is 13.2 Å². The van der Waals surface area contributed by atoms with E-state index in [0.717, 1.165) is 17.8 Å². The standard InChI is InChI=1S/C25H20F3N3O2/c1-16-11-24(30-31(16)14-19-6-2-3-8-21(19)27)29-25(32)18-7-4-5-17(12-18)15-33-23-10-9-20(26)13-22(23)28/h2-13H,14-15H2,1H3,(H,29,30,32). The van der Waals surface area contributed by atoms with Gasteiger partial charge in [-0.3, -0.25) is 9.48 Å². The van der Waals surface area contributed by atoms with E-state index in [4.69, 9.17) is 4.74 Å². The number of ether oxygens (including phenoxy) is 1. The second-order valence-corrected chi connectivity index (χ2v) is 7.44. The van der Waals surface area contributed by atoms with Gasteiger partial charge in [-0.2, -0.15) is 5.10 Å². The molecule has 8 heteroatoms. The van der Waals surface area contributed by atoms with E-state index in [2.05, 4.69) is 10.4 Å². The highest BCUT2D eigenvalue weighted by Gasteiger charge is 2.13. The van der Waals surface area contributed by atoms with Crippen molar-refractivity contribution in [3.63, 3.8) is 0 Å². The lowest BCUT2D eigenvalue weighted by atomic mass is 10.1. The zero-order chi connectivity index (χ0) is 23.4. The van der Waals surface area contributed by atoms with E-state index in [1.165, 1.54) is 12.1 Å². The monoisotopic (exact) mass is 451 g/mol. The second-order valence-electron chi connectivity index (χ2n) is 7.44. The van der Waals surface area contributed by atoms with Crippen LogP contribution in [0.15, 0.2) is 72.8 Å². The summed E-state index contributed by atoms with van der Waals surface area (Å²) in [4.78, 5) is 12.7. The number of aryl methyl sites for hydroxylation is 1. The predicted molar refractivity (Wildman–Crippen MR) is 118 cm³/mol. The van der Waals surface area contributed by atoms with Crippen LogP contribution in [0.2, 0.25) is 0 Å². The largest absolute Gasteiger partial charge is 0.486 e. The molecule has 0 atom stereocenters. The Hall–Kier alpha value is -4.07. The number of nitrogens with one attached hydrogen (secondary N) is 1. The Morgan fingerprint density at radius 3 is 2.58 bits per heavy atom. The van der Waals surface area contributed by atoms with Crippen LogP contribution in [0.4, 0.5) is 19.0 Å². The van der Waals surface area contributed by atoms with Gasteiger partial charge >= 0.3 is 0 Å². The Bertz CT molecular complexity index is 1300. The Balaban J connectivity index is 1.42. The van der Waals surface area contributed by atoms with Gasteiger partial charge < -0.3 is 10.1 Å². The van der Waals surface area contributed by atoms with Crippen molar-refractivity contribution < 1.29 is 22.7 Å².